The number of hydrogen-bond donors (Lipinski definition) is 2. The molecule has 2 aliphatic heterocycles. The average molecular weight is 401 g/mol. The summed E-state index contributed by atoms with van der Waals surface area (Å²) in [6.45, 7) is 5.72. The van der Waals surface area contributed by atoms with Gasteiger partial charge in [-0.3, -0.25) is 14.4 Å². The number of nitrogens with zero attached hydrogens (tertiary/aromatic N) is 2. The number of rotatable bonds is 8. The van der Waals surface area contributed by atoms with Crippen LogP contribution in [0.5, 0.6) is 0 Å². The van der Waals surface area contributed by atoms with E-state index < -0.39 is 0 Å². The van der Waals surface area contributed by atoms with Crippen LogP contribution in [0.4, 0.5) is 5.69 Å². The number of nitrogens with one attached hydrogen (secondary N) is 2. The van der Waals surface area contributed by atoms with E-state index in [1.165, 1.54) is 19.3 Å². The molecule has 0 bridgehead atoms. The van der Waals surface area contributed by atoms with E-state index in [2.05, 4.69) is 22.5 Å². The smallest absolute Gasteiger partial charge is 0.251 e. The van der Waals surface area contributed by atoms with Gasteiger partial charge in [-0.25, -0.2) is 0 Å². The number of anilines is 1. The molecule has 3 rings (SSSR count). The van der Waals surface area contributed by atoms with Crippen molar-refractivity contribution in [3.8, 4) is 0 Å². The van der Waals surface area contributed by atoms with Gasteiger partial charge in [-0.15, -0.1) is 0 Å². The fourth-order valence-electron chi connectivity index (χ4n) is 4.04. The Morgan fingerprint density at radius 1 is 1.07 bits per heavy atom. The third kappa shape index (κ3) is 6.03. The summed E-state index contributed by atoms with van der Waals surface area (Å²) in [5, 5.41) is 5.52. The molecule has 7 heteroatoms. The van der Waals surface area contributed by atoms with Gasteiger partial charge >= 0.3 is 0 Å². The lowest BCUT2D eigenvalue weighted by molar-refractivity contribution is -0.120. The van der Waals surface area contributed by atoms with E-state index in [1.54, 1.807) is 29.2 Å². The van der Waals surface area contributed by atoms with E-state index in [1.807, 2.05) is 0 Å². The molecular formula is C22H32N4O3. The normalized spacial score (nSPS) is 20.0. The third-order valence-corrected chi connectivity index (χ3v) is 5.81. The van der Waals surface area contributed by atoms with Crippen molar-refractivity contribution in [3.05, 3.63) is 29.8 Å². The van der Waals surface area contributed by atoms with E-state index in [0.717, 1.165) is 38.2 Å². The van der Waals surface area contributed by atoms with E-state index in [0.29, 0.717) is 24.6 Å². The summed E-state index contributed by atoms with van der Waals surface area (Å²) >= 11 is 0. The van der Waals surface area contributed by atoms with Crippen molar-refractivity contribution < 1.29 is 14.4 Å². The molecule has 29 heavy (non-hydrogen) atoms. The zero-order valence-electron chi connectivity index (χ0n) is 17.3. The third-order valence-electron chi connectivity index (χ3n) is 5.81. The summed E-state index contributed by atoms with van der Waals surface area (Å²) in [7, 11) is 0. The standard InChI is InChI=1S/C22H32N4O3/c1-17-6-2-3-13-25(17)14-5-12-23-20(27)16-24-22(29)18-8-10-19(11-9-18)26-15-4-7-21(26)28/h8-11,17H,2-7,12-16H2,1H3,(H,23,27)(H,24,29)/t17-/m1/s1. The Morgan fingerprint density at radius 3 is 2.55 bits per heavy atom. The molecule has 0 spiro atoms. The SMILES string of the molecule is C[C@@H]1CCCCN1CCCNC(=O)CNC(=O)c1ccc(N2CCCC2=O)cc1. The maximum absolute atomic E-state index is 12.2. The van der Waals surface area contributed by atoms with Gasteiger partial charge in [-0.1, -0.05) is 6.42 Å². The maximum atomic E-state index is 12.2. The van der Waals surface area contributed by atoms with Crippen molar-refractivity contribution in [1.82, 2.24) is 15.5 Å². The summed E-state index contributed by atoms with van der Waals surface area (Å²) in [5.74, 6) is -0.348. The second kappa shape index (κ2) is 10.4. The van der Waals surface area contributed by atoms with Crippen LogP contribution in [0.1, 0.15) is 55.8 Å². The maximum Gasteiger partial charge on any atom is 0.251 e. The van der Waals surface area contributed by atoms with Crippen molar-refractivity contribution in [2.45, 2.75) is 51.5 Å². The van der Waals surface area contributed by atoms with E-state index >= 15 is 0 Å². The van der Waals surface area contributed by atoms with Gasteiger partial charge in [0.2, 0.25) is 11.8 Å². The highest BCUT2D eigenvalue weighted by Crippen LogP contribution is 2.21. The predicted molar refractivity (Wildman–Crippen MR) is 113 cm³/mol. The van der Waals surface area contributed by atoms with Gasteiger partial charge in [0.25, 0.3) is 5.91 Å². The van der Waals surface area contributed by atoms with Gasteiger partial charge in [0.05, 0.1) is 6.54 Å². The summed E-state index contributed by atoms with van der Waals surface area (Å²) < 4.78 is 0. The average Bonchev–Trinajstić information content (AvgIpc) is 3.16. The fraction of sp³-hybridized carbons (Fsp3) is 0.591. The van der Waals surface area contributed by atoms with Crippen molar-refractivity contribution >= 4 is 23.4 Å². The minimum absolute atomic E-state index is 0.0364. The lowest BCUT2D eigenvalue weighted by atomic mass is 10.0. The molecule has 1 atom stereocenters. The molecule has 3 amide bonds. The second-order valence-electron chi connectivity index (χ2n) is 7.96. The minimum atomic E-state index is -0.290. The van der Waals surface area contributed by atoms with Crippen molar-refractivity contribution in [3.63, 3.8) is 0 Å². The second-order valence-corrected chi connectivity index (χ2v) is 7.96. The van der Waals surface area contributed by atoms with Crippen LogP contribution in [-0.2, 0) is 9.59 Å². The van der Waals surface area contributed by atoms with E-state index in [9.17, 15) is 14.4 Å². The Hall–Kier alpha value is -2.41. The van der Waals surface area contributed by atoms with Gasteiger partial charge in [0.15, 0.2) is 0 Å². The highest BCUT2D eigenvalue weighted by Gasteiger charge is 2.21. The van der Waals surface area contributed by atoms with Gasteiger partial charge in [0, 0.05) is 43.3 Å². The monoisotopic (exact) mass is 400 g/mol. The zero-order chi connectivity index (χ0) is 20.6. The zero-order valence-corrected chi connectivity index (χ0v) is 17.3. The first-order chi connectivity index (χ1) is 14.0. The molecule has 1 aromatic rings. The van der Waals surface area contributed by atoms with Gasteiger partial charge < -0.3 is 20.4 Å². The van der Waals surface area contributed by atoms with Crippen LogP contribution in [0, 0.1) is 0 Å². The first-order valence-electron chi connectivity index (χ1n) is 10.7. The molecule has 7 nitrogen and oxygen atoms in total. The number of amides is 3. The quantitative estimate of drug-likeness (QED) is 0.654. The summed E-state index contributed by atoms with van der Waals surface area (Å²) in [5.41, 5.74) is 1.29. The molecule has 0 aliphatic carbocycles. The summed E-state index contributed by atoms with van der Waals surface area (Å²) in [4.78, 5) is 40.2. The van der Waals surface area contributed by atoms with Crippen molar-refractivity contribution in [1.29, 1.82) is 0 Å². The summed E-state index contributed by atoms with van der Waals surface area (Å²) in [6, 6.07) is 7.57. The topological polar surface area (TPSA) is 81.8 Å². The Bertz CT molecular complexity index is 719. The molecule has 0 saturated carbocycles. The highest BCUT2D eigenvalue weighted by atomic mass is 16.2. The Morgan fingerprint density at radius 2 is 1.86 bits per heavy atom. The molecule has 158 valence electrons. The van der Waals surface area contributed by atoms with Crippen LogP contribution in [0.2, 0.25) is 0 Å². The number of benzene rings is 1. The molecule has 2 N–H and O–H groups in total. The fourth-order valence-corrected chi connectivity index (χ4v) is 4.04. The lowest BCUT2D eigenvalue weighted by Crippen LogP contribution is -2.40. The van der Waals surface area contributed by atoms with Crippen molar-refractivity contribution in [2.75, 3.05) is 37.6 Å². The van der Waals surface area contributed by atoms with E-state index in [-0.39, 0.29) is 24.3 Å². The molecule has 2 heterocycles. The molecular weight excluding hydrogens is 368 g/mol. The van der Waals surface area contributed by atoms with E-state index in [4.69, 9.17) is 0 Å². The molecule has 0 radical (unpaired) electrons. The Kier molecular flexibility index (Phi) is 7.63. The Balaban J connectivity index is 1.34. The van der Waals surface area contributed by atoms with Crippen LogP contribution < -0.4 is 15.5 Å². The van der Waals surface area contributed by atoms with Gasteiger partial charge in [-0.05, 0) is 63.4 Å². The molecule has 2 fully saturated rings. The first-order valence-corrected chi connectivity index (χ1v) is 10.7. The molecule has 0 unspecified atom stereocenters. The number of carbonyl (C=O) groups is 3. The van der Waals surface area contributed by atoms with Crippen LogP contribution in [0.25, 0.3) is 0 Å². The molecule has 2 aliphatic rings. The van der Waals surface area contributed by atoms with Crippen LogP contribution in [0.3, 0.4) is 0 Å². The number of carbonyl (C=O) groups excluding carboxylic acids is 3. The molecule has 2 saturated heterocycles. The minimum Gasteiger partial charge on any atom is -0.355 e. The van der Waals surface area contributed by atoms with Crippen molar-refractivity contribution in [2.24, 2.45) is 0 Å². The number of hydrogen-bond acceptors (Lipinski definition) is 4. The van der Waals surface area contributed by atoms with Crippen LogP contribution in [-0.4, -0.2) is 61.4 Å². The first kappa shape index (κ1) is 21.3. The molecule has 1 aromatic carbocycles. The predicted octanol–water partition coefficient (Wildman–Crippen LogP) is 1.92. The van der Waals surface area contributed by atoms with Gasteiger partial charge in [0.1, 0.15) is 0 Å². The number of piperidine rings is 1. The highest BCUT2D eigenvalue weighted by molar-refractivity contribution is 5.98. The Labute approximate surface area is 172 Å². The van der Waals surface area contributed by atoms with Gasteiger partial charge in [-0.2, -0.15) is 0 Å². The van der Waals surface area contributed by atoms with Crippen LogP contribution in [0.15, 0.2) is 24.3 Å². The van der Waals surface area contributed by atoms with Crippen LogP contribution >= 0.6 is 0 Å². The molecule has 0 aromatic heterocycles. The summed E-state index contributed by atoms with van der Waals surface area (Å²) in [6.07, 6.45) is 6.20. The lowest BCUT2D eigenvalue weighted by Gasteiger charge is -2.33. The largest absolute Gasteiger partial charge is 0.355 e. The number of likely N-dealkylation sites (tertiary alicyclic amines) is 1.